The van der Waals surface area contributed by atoms with Crippen LogP contribution in [0.15, 0.2) is 51.4 Å². The molecule has 1 aromatic heterocycles. The zero-order chi connectivity index (χ0) is 15.0. The van der Waals surface area contributed by atoms with E-state index in [2.05, 4.69) is 39.4 Å². The highest BCUT2D eigenvalue weighted by Gasteiger charge is 2.19. The molecule has 3 aromatic rings. The molecule has 1 heterocycles. The van der Waals surface area contributed by atoms with Crippen molar-refractivity contribution in [2.75, 3.05) is 7.05 Å². The van der Waals surface area contributed by atoms with Gasteiger partial charge in [0.1, 0.15) is 17.2 Å². The second kappa shape index (κ2) is 5.62. The Morgan fingerprint density at radius 2 is 1.95 bits per heavy atom. The molecule has 0 aliphatic carbocycles. The summed E-state index contributed by atoms with van der Waals surface area (Å²) in [6, 6.07) is 12.5. The number of hydrogen-bond acceptors (Lipinski definition) is 2. The largest absolute Gasteiger partial charge is 0.459 e. The molecule has 0 amide bonds. The van der Waals surface area contributed by atoms with Gasteiger partial charge in [0, 0.05) is 9.86 Å². The van der Waals surface area contributed by atoms with Gasteiger partial charge in [-0.15, -0.1) is 0 Å². The fourth-order valence-corrected chi connectivity index (χ4v) is 3.22. The molecule has 2 nitrogen and oxygen atoms in total. The van der Waals surface area contributed by atoms with Gasteiger partial charge in [0.25, 0.3) is 0 Å². The minimum absolute atomic E-state index is 0.0876. The molecule has 3 rings (SSSR count). The van der Waals surface area contributed by atoms with Gasteiger partial charge in [0.05, 0.1) is 6.04 Å². The van der Waals surface area contributed by atoms with Crippen molar-refractivity contribution in [2.24, 2.45) is 0 Å². The van der Waals surface area contributed by atoms with Crippen LogP contribution in [-0.2, 0) is 0 Å². The van der Waals surface area contributed by atoms with Crippen LogP contribution in [-0.4, -0.2) is 7.05 Å². The van der Waals surface area contributed by atoms with Gasteiger partial charge in [0.2, 0.25) is 0 Å². The second-order valence-electron chi connectivity index (χ2n) is 5.08. The van der Waals surface area contributed by atoms with E-state index in [1.54, 1.807) is 6.07 Å². The van der Waals surface area contributed by atoms with Gasteiger partial charge in [-0.1, -0.05) is 28.1 Å². The molecule has 1 unspecified atom stereocenters. The Bertz CT molecular complexity index is 797. The lowest BCUT2D eigenvalue weighted by molar-refractivity contribution is 0.490. The van der Waals surface area contributed by atoms with Crippen molar-refractivity contribution in [2.45, 2.75) is 13.0 Å². The summed E-state index contributed by atoms with van der Waals surface area (Å²) in [5, 5.41) is 4.02. The van der Waals surface area contributed by atoms with Gasteiger partial charge in [-0.2, -0.15) is 0 Å². The van der Waals surface area contributed by atoms with Gasteiger partial charge in [-0.05, 0) is 55.4 Å². The molecule has 108 valence electrons. The number of nitrogens with one attached hydrogen (secondary N) is 1. The van der Waals surface area contributed by atoms with Crippen LogP contribution in [0.1, 0.15) is 22.9 Å². The van der Waals surface area contributed by atoms with Crippen molar-refractivity contribution < 1.29 is 8.81 Å². The van der Waals surface area contributed by atoms with E-state index in [0.29, 0.717) is 5.58 Å². The molecule has 0 fully saturated rings. The summed E-state index contributed by atoms with van der Waals surface area (Å²) in [5.74, 6) is 0.509. The normalized spacial score (nSPS) is 12.8. The van der Waals surface area contributed by atoms with E-state index in [1.165, 1.54) is 17.7 Å². The van der Waals surface area contributed by atoms with E-state index in [0.717, 1.165) is 21.2 Å². The van der Waals surface area contributed by atoms with Crippen molar-refractivity contribution in [3.8, 4) is 0 Å². The average molecular weight is 348 g/mol. The van der Waals surface area contributed by atoms with Gasteiger partial charge >= 0.3 is 0 Å². The van der Waals surface area contributed by atoms with Gasteiger partial charge in [0.15, 0.2) is 0 Å². The molecule has 0 aliphatic rings. The third-order valence-electron chi connectivity index (χ3n) is 3.54. The summed E-state index contributed by atoms with van der Waals surface area (Å²) in [5.41, 5.74) is 2.96. The van der Waals surface area contributed by atoms with E-state index in [-0.39, 0.29) is 11.9 Å². The summed E-state index contributed by atoms with van der Waals surface area (Å²) >= 11 is 3.60. The summed E-state index contributed by atoms with van der Waals surface area (Å²) in [4.78, 5) is 0. The van der Waals surface area contributed by atoms with Crippen LogP contribution in [0.4, 0.5) is 4.39 Å². The van der Waals surface area contributed by atoms with Crippen molar-refractivity contribution in [1.29, 1.82) is 0 Å². The summed E-state index contributed by atoms with van der Waals surface area (Å²) < 4.78 is 20.2. The Balaban J connectivity index is 2.09. The number of benzene rings is 2. The Morgan fingerprint density at radius 3 is 2.67 bits per heavy atom. The van der Waals surface area contributed by atoms with Crippen LogP contribution in [0.25, 0.3) is 11.0 Å². The predicted octanol–water partition coefficient (Wildman–Crippen LogP) is 4.95. The van der Waals surface area contributed by atoms with Crippen LogP contribution >= 0.6 is 15.9 Å². The highest BCUT2D eigenvalue weighted by Crippen LogP contribution is 2.32. The lowest BCUT2D eigenvalue weighted by atomic mass is 10.0. The van der Waals surface area contributed by atoms with Crippen LogP contribution < -0.4 is 5.32 Å². The summed E-state index contributed by atoms with van der Waals surface area (Å²) in [6.07, 6.45) is 0. The quantitative estimate of drug-likeness (QED) is 0.724. The molecule has 2 aromatic carbocycles. The lowest BCUT2D eigenvalue weighted by Crippen LogP contribution is -2.17. The Morgan fingerprint density at radius 1 is 1.14 bits per heavy atom. The molecule has 4 heteroatoms. The van der Waals surface area contributed by atoms with Crippen LogP contribution in [0.2, 0.25) is 0 Å². The minimum Gasteiger partial charge on any atom is -0.459 e. The van der Waals surface area contributed by atoms with Gasteiger partial charge in [-0.25, -0.2) is 4.39 Å². The van der Waals surface area contributed by atoms with Crippen molar-refractivity contribution in [1.82, 2.24) is 5.32 Å². The van der Waals surface area contributed by atoms with E-state index >= 15 is 0 Å². The van der Waals surface area contributed by atoms with E-state index < -0.39 is 0 Å². The highest BCUT2D eigenvalue weighted by molar-refractivity contribution is 9.10. The Hall–Kier alpha value is -1.65. The highest BCUT2D eigenvalue weighted by atomic mass is 79.9. The molecule has 0 radical (unpaired) electrons. The van der Waals surface area contributed by atoms with Crippen molar-refractivity contribution in [3.05, 3.63) is 69.6 Å². The molecule has 1 N–H and O–H groups in total. The first-order chi connectivity index (χ1) is 10.1. The van der Waals surface area contributed by atoms with E-state index in [1.807, 2.05) is 20.0 Å². The standard InChI is InChI=1S/C17H15BrFNO/c1-10-3-5-13(14(18)7-10)17(20-2)16-9-11-8-12(19)4-6-15(11)21-16/h3-9,17,20H,1-2H3. The van der Waals surface area contributed by atoms with E-state index in [4.69, 9.17) is 4.42 Å². The zero-order valence-electron chi connectivity index (χ0n) is 11.8. The molecule has 1 atom stereocenters. The smallest absolute Gasteiger partial charge is 0.134 e. The fourth-order valence-electron chi connectivity index (χ4n) is 2.49. The van der Waals surface area contributed by atoms with Crippen LogP contribution in [0.3, 0.4) is 0 Å². The van der Waals surface area contributed by atoms with E-state index in [9.17, 15) is 4.39 Å². The maximum absolute atomic E-state index is 13.3. The Labute approximate surface area is 131 Å². The van der Waals surface area contributed by atoms with Gasteiger partial charge < -0.3 is 9.73 Å². The molecular weight excluding hydrogens is 333 g/mol. The molecule has 0 saturated heterocycles. The third kappa shape index (κ3) is 2.74. The molecule has 0 aliphatic heterocycles. The first-order valence-corrected chi connectivity index (χ1v) is 7.50. The van der Waals surface area contributed by atoms with Crippen LogP contribution in [0.5, 0.6) is 0 Å². The molecule has 0 bridgehead atoms. The zero-order valence-corrected chi connectivity index (χ0v) is 13.4. The number of rotatable bonds is 3. The third-order valence-corrected chi connectivity index (χ3v) is 4.22. The Kier molecular flexibility index (Phi) is 3.83. The maximum atomic E-state index is 13.3. The molecule has 0 spiro atoms. The van der Waals surface area contributed by atoms with Crippen LogP contribution in [0, 0.1) is 12.7 Å². The predicted molar refractivity (Wildman–Crippen MR) is 86.0 cm³/mol. The minimum atomic E-state index is -0.257. The topological polar surface area (TPSA) is 25.2 Å². The SMILES string of the molecule is CNC(c1cc2cc(F)ccc2o1)c1ccc(C)cc1Br. The maximum Gasteiger partial charge on any atom is 0.134 e. The molecule has 0 saturated carbocycles. The lowest BCUT2D eigenvalue weighted by Gasteiger charge is -2.16. The van der Waals surface area contributed by atoms with Crippen molar-refractivity contribution in [3.63, 3.8) is 0 Å². The summed E-state index contributed by atoms with van der Waals surface area (Å²) in [7, 11) is 1.88. The van der Waals surface area contributed by atoms with Crippen molar-refractivity contribution >= 4 is 26.9 Å². The number of furan rings is 1. The first kappa shape index (κ1) is 14.3. The number of hydrogen-bond donors (Lipinski definition) is 1. The molecule has 21 heavy (non-hydrogen) atoms. The number of fused-ring (bicyclic) bond motifs is 1. The van der Waals surface area contributed by atoms with Gasteiger partial charge in [-0.3, -0.25) is 0 Å². The summed E-state index contributed by atoms with van der Waals surface area (Å²) in [6.45, 7) is 2.05. The monoisotopic (exact) mass is 347 g/mol. The first-order valence-electron chi connectivity index (χ1n) is 6.71. The second-order valence-corrected chi connectivity index (χ2v) is 5.93. The number of aryl methyl sites for hydroxylation is 1. The number of halogens is 2. The fraction of sp³-hybridized carbons (Fsp3) is 0.176. The average Bonchev–Trinajstić information content (AvgIpc) is 2.84. The molecular formula is C17H15BrFNO.